The van der Waals surface area contributed by atoms with Crippen LogP contribution in [0.5, 0.6) is 0 Å². The maximum Gasteiger partial charge on any atom is 0.147 e. The Hall–Kier alpha value is -0.940. The summed E-state index contributed by atoms with van der Waals surface area (Å²) >= 11 is 1.47. The number of rotatable bonds is 3. The Morgan fingerprint density at radius 3 is 2.57 bits per heavy atom. The number of hydrogen-bond acceptors (Lipinski definition) is 5. The average molecular weight is 213 g/mol. The molecule has 0 aliphatic carbocycles. The van der Waals surface area contributed by atoms with Crippen LogP contribution in [0.1, 0.15) is 13.8 Å². The lowest BCUT2D eigenvalue weighted by Crippen LogP contribution is -2.20. The summed E-state index contributed by atoms with van der Waals surface area (Å²) in [5.74, 6) is 0.337. The van der Waals surface area contributed by atoms with E-state index in [2.05, 4.69) is 4.98 Å². The number of hydrogen-bond donors (Lipinski definition) is 3. The van der Waals surface area contributed by atoms with Crippen molar-refractivity contribution in [3.8, 4) is 0 Å². The molecule has 0 fully saturated rings. The van der Waals surface area contributed by atoms with E-state index >= 15 is 0 Å². The molecule has 0 aliphatic rings. The number of nitrogens with two attached hydrogens (primary N) is 2. The zero-order valence-electron chi connectivity index (χ0n) is 8.32. The van der Waals surface area contributed by atoms with Gasteiger partial charge in [0, 0.05) is 4.75 Å². The predicted molar refractivity (Wildman–Crippen MR) is 60.1 cm³/mol. The molecule has 1 aromatic rings. The summed E-state index contributed by atoms with van der Waals surface area (Å²) in [7, 11) is 0. The molecule has 14 heavy (non-hydrogen) atoms. The van der Waals surface area contributed by atoms with Crippen molar-refractivity contribution in [3.63, 3.8) is 0 Å². The molecule has 0 unspecified atom stereocenters. The van der Waals surface area contributed by atoms with E-state index in [1.807, 2.05) is 13.8 Å². The lowest BCUT2D eigenvalue weighted by molar-refractivity contribution is 0.265. The van der Waals surface area contributed by atoms with Crippen molar-refractivity contribution in [3.05, 3.63) is 12.1 Å². The molecule has 0 aliphatic heterocycles. The fourth-order valence-corrected chi connectivity index (χ4v) is 1.75. The molecule has 0 saturated heterocycles. The number of nitrogens with zero attached hydrogens (tertiary/aromatic N) is 1. The van der Waals surface area contributed by atoms with E-state index in [0.29, 0.717) is 11.5 Å². The molecule has 0 aromatic carbocycles. The topological polar surface area (TPSA) is 85.2 Å². The Morgan fingerprint density at radius 2 is 2.07 bits per heavy atom. The van der Waals surface area contributed by atoms with E-state index < -0.39 is 0 Å². The number of aliphatic hydroxyl groups excluding tert-OH is 1. The summed E-state index contributed by atoms with van der Waals surface area (Å²) in [6.07, 6.45) is 0. The molecule has 1 heterocycles. The molecular weight excluding hydrogens is 198 g/mol. The van der Waals surface area contributed by atoms with Crippen molar-refractivity contribution >= 4 is 23.3 Å². The van der Waals surface area contributed by atoms with Crippen molar-refractivity contribution in [1.29, 1.82) is 0 Å². The Labute approximate surface area is 87.7 Å². The summed E-state index contributed by atoms with van der Waals surface area (Å²) in [5.41, 5.74) is 11.6. The molecule has 0 spiro atoms. The van der Waals surface area contributed by atoms with Gasteiger partial charge in [-0.2, -0.15) is 0 Å². The minimum absolute atomic E-state index is 0.0869. The van der Waals surface area contributed by atoms with Crippen molar-refractivity contribution in [2.24, 2.45) is 0 Å². The molecule has 0 radical (unpaired) electrons. The second kappa shape index (κ2) is 4.06. The third kappa shape index (κ3) is 2.78. The van der Waals surface area contributed by atoms with Crippen LogP contribution in [0.2, 0.25) is 0 Å². The quantitative estimate of drug-likeness (QED) is 0.655. The zero-order valence-corrected chi connectivity index (χ0v) is 9.14. The molecule has 5 heteroatoms. The van der Waals surface area contributed by atoms with Crippen LogP contribution in [0.25, 0.3) is 0 Å². The molecule has 0 bridgehead atoms. The number of thioether (sulfide) groups is 1. The van der Waals surface area contributed by atoms with Gasteiger partial charge in [-0.3, -0.25) is 0 Å². The summed E-state index contributed by atoms with van der Waals surface area (Å²) in [6, 6.07) is 3.52. The zero-order chi connectivity index (χ0) is 10.8. The summed E-state index contributed by atoms with van der Waals surface area (Å²) in [5, 5.41) is 9.85. The van der Waals surface area contributed by atoms with Gasteiger partial charge in [-0.1, -0.05) is 11.8 Å². The molecule has 5 N–H and O–H groups in total. The van der Waals surface area contributed by atoms with Crippen LogP contribution < -0.4 is 11.5 Å². The normalized spacial score (nSPS) is 11.6. The SMILES string of the molecule is CC(C)(CO)Sc1ccc(N)c(N)n1. The highest BCUT2D eigenvalue weighted by molar-refractivity contribution is 8.00. The lowest BCUT2D eigenvalue weighted by atomic mass is 10.2. The van der Waals surface area contributed by atoms with Crippen molar-refractivity contribution in [1.82, 2.24) is 4.98 Å². The molecule has 0 saturated carbocycles. The van der Waals surface area contributed by atoms with Gasteiger partial charge in [-0.05, 0) is 26.0 Å². The molecule has 1 aromatic heterocycles. The number of nitrogen functional groups attached to an aromatic ring is 2. The van der Waals surface area contributed by atoms with Crippen LogP contribution in [0, 0.1) is 0 Å². The first-order valence-electron chi connectivity index (χ1n) is 4.26. The van der Waals surface area contributed by atoms with Crippen molar-refractivity contribution < 1.29 is 5.11 Å². The van der Waals surface area contributed by atoms with Crippen LogP contribution in [0.3, 0.4) is 0 Å². The minimum atomic E-state index is -0.254. The van der Waals surface area contributed by atoms with E-state index in [0.717, 1.165) is 5.03 Å². The highest BCUT2D eigenvalue weighted by Gasteiger charge is 2.19. The van der Waals surface area contributed by atoms with Crippen molar-refractivity contribution in [2.45, 2.75) is 23.6 Å². The molecule has 1 rings (SSSR count). The van der Waals surface area contributed by atoms with E-state index in [1.165, 1.54) is 11.8 Å². The van der Waals surface area contributed by atoms with Crippen LogP contribution >= 0.6 is 11.8 Å². The van der Waals surface area contributed by atoms with Gasteiger partial charge >= 0.3 is 0 Å². The van der Waals surface area contributed by atoms with E-state index in [1.54, 1.807) is 12.1 Å². The first kappa shape index (κ1) is 11.1. The molecule has 78 valence electrons. The van der Waals surface area contributed by atoms with Gasteiger partial charge in [0.25, 0.3) is 0 Å². The largest absolute Gasteiger partial charge is 0.396 e. The number of pyridine rings is 1. The van der Waals surface area contributed by atoms with Gasteiger partial charge in [0.15, 0.2) is 0 Å². The third-order valence-corrected chi connectivity index (χ3v) is 2.81. The Kier molecular flexibility index (Phi) is 3.23. The smallest absolute Gasteiger partial charge is 0.147 e. The van der Waals surface area contributed by atoms with Crippen LogP contribution in [-0.2, 0) is 0 Å². The fourth-order valence-electron chi connectivity index (χ4n) is 0.839. The van der Waals surface area contributed by atoms with Gasteiger partial charge in [0.2, 0.25) is 0 Å². The standard InChI is InChI=1S/C9H15N3OS/c1-9(2,5-13)14-7-4-3-6(10)8(11)12-7/h3-4,13H,5,10H2,1-2H3,(H2,11,12). The maximum absolute atomic E-state index is 9.07. The number of aromatic nitrogens is 1. The van der Waals surface area contributed by atoms with Gasteiger partial charge in [0.1, 0.15) is 5.82 Å². The lowest BCUT2D eigenvalue weighted by Gasteiger charge is -2.20. The maximum atomic E-state index is 9.07. The van der Waals surface area contributed by atoms with Crippen molar-refractivity contribution in [2.75, 3.05) is 18.1 Å². The summed E-state index contributed by atoms with van der Waals surface area (Å²) in [6.45, 7) is 3.96. The average Bonchev–Trinajstić information content (AvgIpc) is 2.11. The monoisotopic (exact) mass is 213 g/mol. The highest BCUT2D eigenvalue weighted by Crippen LogP contribution is 2.31. The second-order valence-corrected chi connectivity index (χ2v) is 5.37. The second-order valence-electron chi connectivity index (χ2n) is 3.64. The van der Waals surface area contributed by atoms with E-state index in [-0.39, 0.29) is 11.4 Å². The third-order valence-electron chi connectivity index (χ3n) is 1.69. The first-order chi connectivity index (χ1) is 6.44. The molecular formula is C9H15N3OS. The van der Waals surface area contributed by atoms with Gasteiger partial charge in [0.05, 0.1) is 17.3 Å². The Morgan fingerprint density at radius 1 is 1.43 bits per heavy atom. The first-order valence-corrected chi connectivity index (χ1v) is 5.08. The predicted octanol–water partition coefficient (Wildman–Crippen LogP) is 1.11. The van der Waals surface area contributed by atoms with Gasteiger partial charge < -0.3 is 16.6 Å². The van der Waals surface area contributed by atoms with E-state index in [9.17, 15) is 0 Å². The van der Waals surface area contributed by atoms with Crippen LogP contribution in [0.15, 0.2) is 17.2 Å². The molecule has 0 atom stereocenters. The number of anilines is 2. The Balaban J connectivity index is 2.83. The highest BCUT2D eigenvalue weighted by atomic mass is 32.2. The van der Waals surface area contributed by atoms with E-state index in [4.69, 9.17) is 16.6 Å². The summed E-state index contributed by atoms with van der Waals surface area (Å²) < 4.78 is -0.254. The van der Waals surface area contributed by atoms with Gasteiger partial charge in [-0.25, -0.2) is 4.98 Å². The fraction of sp³-hybridized carbons (Fsp3) is 0.444. The number of aliphatic hydroxyl groups is 1. The molecule has 4 nitrogen and oxygen atoms in total. The molecule has 0 amide bonds. The van der Waals surface area contributed by atoms with Gasteiger partial charge in [-0.15, -0.1) is 0 Å². The van der Waals surface area contributed by atoms with Crippen LogP contribution in [-0.4, -0.2) is 21.4 Å². The summed E-state index contributed by atoms with van der Waals surface area (Å²) in [4.78, 5) is 4.11. The Bertz CT molecular complexity index is 328. The van der Waals surface area contributed by atoms with Crippen LogP contribution in [0.4, 0.5) is 11.5 Å². The minimum Gasteiger partial charge on any atom is -0.396 e.